The van der Waals surface area contributed by atoms with Gasteiger partial charge in [0.15, 0.2) is 28.8 Å². The van der Waals surface area contributed by atoms with E-state index in [1.807, 2.05) is 0 Å². The Morgan fingerprint density at radius 2 is 1.39 bits per heavy atom. The largest absolute Gasteiger partial charge is 0.493 e. The zero-order chi connectivity index (χ0) is 20.4. The molecule has 8 heteroatoms. The Hall–Kier alpha value is -3.55. The predicted octanol–water partition coefficient (Wildman–Crippen LogP) is 3.02. The van der Waals surface area contributed by atoms with Crippen LogP contribution in [-0.4, -0.2) is 46.3 Å². The first-order valence-electron chi connectivity index (χ1n) is 8.36. The van der Waals surface area contributed by atoms with Gasteiger partial charge in [-0.1, -0.05) is 0 Å². The molecule has 148 valence electrons. The van der Waals surface area contributed by atoms with Gasteiger partial charge in [-0.3, -0.25) is 4.79 Å². The highest BCUT2D eigenvalue weighted by Gasteiger charge is 2.25. The van der Waals surface area contributed by atoms with Crippen molar-refractivity contribution in [2.24, 2.45) is 0 Å². The van der Waals surface area contributed by atoms with Crippen LogP contribution in [0.15, 0.2) is 24.4 Å². The summed E-state index contributed by atoms with van der Waals surface area (Å²) in [6, 6.07) is 5.05. The molecule has 3 aromatic rings. The van der Waals surface area contributed by atoms with Gasteiger partial charge in [0.1, 0.15) is 0 Å². The number of anilines is 1. The zero-order valence-electron chi connectivity index (χ0n) is 16.3. The molecule has 0 aliphatic rings. The smallest absolute Gasteiger partial charge is 0.205 e. The number of carbonyl (C=O) groups excluding carboxylic acids is 1. The van der Waals surface area contributed by atoms with Crippen molar-refractivity contribution < 1.29 is 28.5 Å². The number of ether oxygens (including phenoxy) is 5. The van der Waals surface area contributed by atoms with Crippen LogP contribution in [0.2, 0.25) is 0 Å². The van der Waals surface area contributed by atoms with Crippen molar-refractivity contribution in [3.05, 3.63) is 35.5 Å². The number of fused-ring (bicyclic) bond motifs is 1. The summed E-state index contributed by atoms with van der Waals surface area (Å²) in [6.07, 6.45) is 1.62. The minimum Gasteiger partial charge on any atom is -0.493 e. The molecule has 2 aromatic carbocycles. The molecule has 0 radical (unpaired) electrons. The lowest BCUT2D eigenvalue weighted by Crippen LogP contribution is -2.08. The lowest BCUT2D eigenvalue weighted by molar-refractivity contribution is 0.104. The molecule has 3 rings (SSSR count). The number of carbonyl (C=O) groups is 1. The van der Waals surface area contributed by atoms with E-state index in [4.69, 9.17) is 29.4 Å². The van der Waals surface area contributed by atoms with Gasteiger partial charge in [-0.25, -0.2) is 0 Å². The summed E-state index contributed by atoms with van der Waals surface area (Å²) >= 11 is 0. The molecule has 1 aromatic heterocycles. The minimum atomic E-state index is -0.296. The number of H-pyrrole nitrogens is 1. The minimum absolute atomic E-state index is 0.167. The molecule has 28 heavy (non-hydrogen) atoms. The molecule has 0 aliphatic heterocycles. The van der Waals surface area contributed by atoms with Gasteiger partial charge in [-0.05, 0) is 12.1 Å². The summed E-state index contributed by atoms with van der Waals surface area (Å²) in [5.74, 6) is 1.68. The fraction of sp³-hybridized carbons (Fsp3) is 0.250. The molecule has 0 aliphatic carbocycles. The van der Waals surface area contributed by atoms with Crippen molar-refractivity contribution in [1.29, 1.82) is 0 Å². The molecule has 0 saturated carbocycles. The summed E-state index contributed by atoms with van der Waals surface area (Å²) < 4.78 is 26.7. The second-order valence-corrected chi connectivity index (χ2v) is 5.89. The molecule has 0 amide bonds. The first-order chi connectivity index (χ1) is 13.5. The third kappa shape index (κ3) is 2.92. The van der Waals surface area contributed by atoms with E-state index in [1.165, 1.54) is 28.4 Å². The van der Waals surface area contributed by atoms with Gasteiger partial charge in [0.05, 0.1) is 52.3 Å². The highest BCUT2D eigenvalue weighted by atomic mass is 16.5. The average Bonchev–Trinajstić information content (AvgIpc) is 3.14. The quantitative estimate of drug-likeness (QED) is 0.475. The van der Waals surface area contributed by atoms with Gasteiger partial charge in [-0.2, -0.15) is 0 Å². The maximum absolute atomic E-state index is 13.3. The van der Waals surface area contributed by atoms with Crippen LogP contribution < -0.4 is 29.4 Å². The van der Waals surface area contributed by atoms with Crippen molar-refractivity contribution in [2.45, 2.75) is 0 Å². The standard InChI is InChI=1S/C20H22N2O6/c1-24-14-6-10-12(9-22-13(10)8-15(14)25-2)18(23)11-7-16(26-3)19(27-4)20(28-5)17(11)21/h6-9,22H,21H2,1-5H3. The molecular weight excluding hydrogens is 364 g/mol. The highest BCUT2D eigenvalue weighted by molar-refractivity contribution is 6.19. The molecule has 0 fully saturated rings. The Balaban J connectivity index is 2.20. The number of nitrogens with two attached hydrogens (primary N) is 1. The summed E-state index contributed by atoms with van der Waals surface area (Å²) in [5.41, 5.74) is 7.77. The Morgan fingerprint density at radius 1 is 0.786 bits per heavy atom. The number of hydrogen-bond donors (Lipinski definition) is 2. The van der Waals surface area contributed by atoms with Crippen molar-refractivity contribution in [1.82, 2.24) is 4.98 Å². The van der Waals surface area contributed by atoms with Crippen LogP contribution in [0.25, 0.3) is 10.9 Å². The van der Waals surface area contributed by atoms with E-state index in [-0.39, 0.29) is 22.8 Å². The lowest BCUT2D eigenvalue weighted by Gasteiger charge is -2.16. The fourth-order valence-electron chi connectivity index (χ4n) is 3.15. The number of methoxy groups -OCH3 is 5. The van der Waals surface area contributed by atoms with E-state index < -0.39 is 0 Å². The summed E-state index contributed by atoms with van der Waals surface area (Å²) in [6.45, 7) is 0. The molecule has 0 saturated heterocycles. The van der Waals surface area contributed by atoms with Crippen LogP contribution in [0.5, 0.6) is 28.7 Å². The average molecular weight is 386 g/mol. The molecule has 0 atom stereocenters. The van der Waals surface area contributed by atoms with Crippen molar-refractivity contribution in [2.75, 3.05) is 41.3 Å². The van der Waals surface area contributed by atoms with Crippen LogP contribution in [0.3, 0.4) is 0 Å². The summed E-state index contributed by atoms with van der Waals surface area (Å²) in [4.78, 5) is 16.4. The van der Waals surface area contributed by atoms with Gasteiger partial charge in [-0.15, -0.1) is 0 Å². The summed E-state index contributed by atoms with van der Waals surface area (Å²) in [7, 11) is 7.49. The van der Waals surface area contributed by atoms with E-state index in [0.717, 1.165) is 5.52 Å². The number of hydrogen-bond acceptors (Lipinski definition) is 7. The second-order valence-electron chi connectivity index (χ2n) is 5.89. The van der Waals surface area contributed by atoms with Gasteiger partial charge < -0.3 is 34.4 Å². The zero-order valence-corrected chi connectivity index (χ0v) is 16.3. The molecular formula is C20H22N2O6. The number of ketones is 1. The van der Waals surface area contributed by atoms with E-state index in [9.17, 15) is 4.79 Å². The predicted molar refractivity (Wildman–Crippen MR) is 105 cm³/mol. The van der Waals surface area contributed by atoms with Gasteiger partial charge in [0, 0.05) is 23.2 Å². The Labute approximate surface area is 162 Å². The van der Waals surface area contributed by atoms with Gasteiger partial charge in [0.2, 0.25) is 5.75 Å². The normalized spacial score (nSPS) is 10.6. The molecule has 0 unspecified atom stereocenters. The number of aromatic nitrogens is 1. The maximum Gasteiger partial charge on any atom is 0.205 e. The number of aromatic amines is 1. The molecule has 3 N–H and O–H groups in total. The van der Waals surface area contributed by atoms with E-state index in [2.05, 4.69) is 4.98 Å². The maximum atomic E-state index is 13.3. The lowest BCUT2D eigenvalue weighted by atomic mass is 9.99. The van der Waals surface area contributed by atoms with Crippen molar-refractivity contribution >= 4 is 22.4 Å². The van der Waals surface area contributed by atoms with Crippen LogP contribution in [0.1, 0.15) is 15.9 Å². The van der Waals surface area contributed by atoms with Crippen LogP contribution in [0.4, 0.5) is 5.69 Å². The molecule has 0 bridgehead atoms. The number of rotatable bonds is 7. The van der Waals surface area contributed by atoms with Crippen molar-refractivity contribution in [3.8, 4) is 28.7 Å². The Kier molecular flexibility index (Phi) is 5.21. The number of nitrogens with one attached hydrogen (secondary N) is 1. The highest BCUT2D eigenvalue weighted by Crippen LogP contribution is 2.44. The first-order valence-corrected chi connectivity index (χ1v) is 8.36. The van der Waals surface area contributed by atoms with Crippen molar-refractivity contribution in [3.63, 3.8) is 0 Å². The monoisotopic (exact) mass is 386 g/mol. The SMILES string of the molecule is COc1cc2[nH]cc(C(=O)c3cc(OC)c(OC)c(OC)c3N)c2cc1OC. The van der Waals surface area contributed by atoms with Gasteiger partial charge >= 0.3 is 0 Å². The first kappa shape index (κ1) is 19.2. The van der Waals surface area contributed by atoms with E-state index in [1.54, 1.807) is 31.5 Å². The third-order valence-electron chi connectivity index (χ3n) is 4.54. The van der Waals surface area contributed by atoms with Crippen LogP contribution in [-0.2, 0) is 0 Å². The fourth-order valence-corrected chi connectivity index (χ4v) is 3.15. The molecule has 0 spiro atoms. The Morgan fingerprint density at radius 3 is 1.96 bits per heavy atom. The Bertz CT molecular complexity index is 1040. The van der Waals surface area contributed by atoms with Crippen LogP contribution >= 0.6 is 0 Å². The molecule has 8 nitrogen and oxygen atoms in total. The number of nitrogen functional groups attached to an aromatic ring is 1. The van der Waals surface area contributed by atoms with E-state index >= 15 is 0 Å². The second kappa shape index (κ2) is 7.59. The van der Waals surface area contributed by atoms with Crippen LogP contribution in [0, 0.1) is 0 Å². The topological polar surface area (TPSA) is 105 Å². The van der Waals surface area contributed by atoms with E-state index in [0.29, 0.717) is 33.9 Å². The van der Waals surface area contributed by atoms with Gasteiger partial charge in [0.25, 0.3) is 0 Å². The summed E-state index contributed by atoms with van der Waals surface area (Å²) in [5, 5.41) is 0.677. The third-order valence-corrected chi connectivity index (χ3v) is 4.54. The molecule has 1 heterocycles. The number of benzene rings is 2.